The molecule has 1 N–H and O–H groups in total. The van der Waals surface area contributed by atoms with Crippen molar-refractivity contribution < 1.29 is 9.59 Å². The summed E-state index contributed by atoms with van der Waals surface area (Å²) in [4.78, 5) is 29.3. The molecule has 0 aromatic heterocycles. The molecule has 136 valence electrons. The summed E-state index contributed by atoms with van der Waals surface area (Å²) in [6.45, 7) is 4.75. The third kappa shape index (κ3) is 4.40. The van der Waals surface area contributed by atoms with Crippen LogP contribution in [0.5, 0.6) is 0 Å². The van der Waals surface area contributed by atoms with E-state index in [-0.39, 0.29) is 17.9 Å². The van der Waals surface area contributed by atoms with E-state index >= 15 is 0 Å². The Morgan fingerprint density at radius 2 is 2.00 bits per heavy atom. The fourth-order valence-electron chi connectivity index (χ4n) is 4.08. The zero-order valence-electron chi connectivity index (χ0n) is 15.1. The van der Waals surface area contributed by atoms with Gasteiger partial charge in [-0.25, -0.2) is 0 Å². The molecule has 5 nitrogen and oxygen atoms in total. The molecule has 25 heavy (non-hydrogen) atoms. The summed E-state index contributed by atoms with van der Waals surface area (Å²) in [5.41, 5.74) is 1.11. The molecule has 0 saturated carbocycles. The molecule has 2 saturated heterocycles. The van der Waals surface area contributed by atoms with Gasteiger partial charge in [-0.2, -0.15) is 0 Å². The Bertz CT molecular complexity index is 590. The van der Waals surface area contributed by atoms with Crippen LogP contribution in [0, 0.1) is 0 Å². The number of benzene rings is 1. The first kappa shape index (κ1) is 17.9. The van der Waals surface area contributed by atoms with Crippen molar-refractivity contribution in [2.24, 2.45) is 0 Å². The molecule has 2 aliphatic heterocycles. The molecule has 2 heterocycles. The monoisotopic (exact) mass is 343 g/mol. The minimum Gasteiger partial charge on any atom is -0.355 e. The van der Waals surface area contributed by atoms with Gasteiger partial charge >= 0.3 is 0 Å². The van der Waals surface area contributed by atoms with Crippen molar-refractivity contribution in [3.63, 3.8) is 0 Å². The lowest BCUT2D eigenvalue weighted by Gasteiger charge is -2.38. The number of carbonyl (C=O) groups excluding carboxylic acids is 2. The van der Waals surface area contributed by atoms with Crippen molar-refractivity contribution in [1.29, 1.82) is 0 Å². The largest absolute Gasteiger partial charge is 0.355 e. The highest BCUT2D eigenvalue weighted by Crippen LogP contribution is 2.26. The third-order valence-electron chi connectivity index (χ3n) is 5.48. The van der Waals surface area contributed by atoms with Crippen molar-refractivity contribution in [3.8, 4) is 0 Å². The van der Waals surface area contributed by atoms with Gasteiger partial charge < -0.3 is 10.2 Å². The Morgan fingerprint density at radius 3 is 2.76 bits per heavy atom. The summed E-state index contributed by atoms with van der Waals surface area (Å²) < 4.78 is 0. The van der Waals surface area contributed by atoms with Gasteiger partial charge in [0.25, 0.3) is 0 Å². The fourth-order valence-corrected chi connectivity index (χ4v) is 4.08. The van der Waals surface area contributed by atoms with Crippen LogP contribution in [0.1, 0.15) is 50.6 Å². The molecule has 0 radical (unpaired) electrons. The number of likely N-dealkylation sites (tertiary alicyclic amines) is 1. The van der Waals surface area contributed by atoms with Crippen LogP contribution in [0.3, 0.4) is 0 Å². The van der Waals surface area contributed by atoms with Crippen molar-refractivity contribution in [1.82, 2.24) is 15.1 Å². The number of nitrogens with one attached hydrogen (secondary N) is 1. The van der Waals surface area contributed by atoms with E-state index in [0.717, 1.165) is 31.4 Å². The summed E-state index contributed by atoms with van der Waals surface area (Å²) in [5, 5.41) is 2.94. The molecule has 1 aromatic rings. The Morgan fingerprint density at radius 1 is 1.20 bits per heavy atom. The second-order valence-corrected chi connectivity index (χ2v) is 7.10. The maximum Gasteiger partial charge on any atom is 0.237 e. The van der Waals surface area contributed by atoms with E-state index < -0.39 is 0 Å². The second kappa shape index (κ2) is 8.48. The number of hydrogen-bond donors (Lipinski definition) is 1. The highest BCUT2D eigenvalue weighted by molar-refractivity contribution is 5.80. The van der Waals surface area contributed by atoms with Crippen LogP contribution < -0.4 is 5.32 Å². The molecule has 1 aromatic carbocycles. The van der Waals surface area contributed by atoms with Crippen LogP contribution in [-0.4, -0.2) is 53.8 Å². The topological polar surface area (TPSA) is 52.7 Å². The second-order valence-electron chi connectivity index (χ2n) is 7.10. The molecule has 5 heteroatoms. The van der Waals surface area contributed by atoms with Crippen LogP contribution in [0.25, 0.3) is 0 Å². The Kier molecular flexibility index (Phi) is 6.08. The molecular weight excluding hydrogens is 314 g/mol. The maximum absolute atomic E-state index is 13.0. The summed E-state index contributed by atoms with van der Waals surface area (Å²) in [5.74, 6) is 0.273. The van der Waals surface area contributed by atoms with Gasteiger partial charge in [0, 0.05) is 38.1 Å². The molecular formula is C20H29N3O2. The minimum absolute atomic E-state index is 0.0301. The van der Waals surface area contributed by atoms with Crippen molar-refractivity contribution in [3.05, 3.63) is 35.9 Å². The van der Waals surface area contributed by atoms with Gasteiger partial charge in [0.1, 0.15) is 0 Å². The Balaban J connectivity index is 1.75. The first-order valence-corrected chi connectivity index (χ1v) is 9.54. The van der Waals surface area contributed by atoms with E-state index in [0.29, 0.717) is 32.1 Å². The van der Waals surface area contributed by atoms with Gasteiger partial charge in [-0.05, 0) is 31.2 Å². The standard InChI is InChI=1S/C20H29N3O2/c1-2-17-10-6-7-12-23(17)20(25)15-22-13-11-21-19(24)14-18(22)16-8-4-3-5-9-16/h3-5,8-9,17-18H,2,6-7,10-15H2,1H3,(H,21,24)/t17-,18+/m1/s1. The summed E-state index contributed by atoms with van der Waals surface area (Å²) in [6, 6.07) is 10.4. The first-order chi connectivity index (χ1) is 12.2. The van der Waals surface area contributed by atoms with Crippen LogP contribution >= 0.6 is 0 Å². The zero-order valence-corrected chi connectivity index (χ0v) is 15.1. The lowest BCUT2D eigenvalue weighted by molar-refractivity contribution is -0.137. The van der Waals surface area contributed by atoms with Gasteiger partial charge in [0.2, 0.25) is 11.8 Å². The lowest BCUT2D eigenvalue weighted by Crippen LogP contribution is -2.48. The summed E-state index contributed by atoms with van der Waals surface area (Å²) in [6.07, 6.45) is 4.87. The summed E-state index contributed by atoms with van der Waals surface area (Å²) >= 11 is 0. The molecule has 2 fully saturated rings. The molecule has 0 spiro atoms. The Labute approximate surface area is 150 Å². The number of hydrogen-bond acceptors (Lipinski definition) is 3. The van der Waals surface area contributed by atoms with Crippen molar-refractivity contribution >= 4 is 11.8 Å². The summed E-state index contributed by atoms with van der Waals surface area (Å²) in [7, 11) is 0. The number of carbonyl (C=O) groups is 2. The highest BCUT2D eigenvalue weighted by atomic mass is 16.2. The van der Waals surface area contributed by atoms with Crippen molar-refractivity contribution in [2.45, 2.75) is 51.1 Å². The van der Waals surface area contributed by atoms with Gasteiger partial charge in [-0.1, -0.05) is 37.3 Å². The molecule has 2 aliphatic rings. The lowest BCUT2D eigenvalue weighted by atomic mass is 9.99. The first-order valence-electron chi connectivity index (χ1n) is 9.54. The van der Waals surface area contributed by atoms with Crippen LogP contribution in [0.15, 0.2) is 30.3 Å². The molecule has 2 atom stereocenters. The van der Waals surface area contributed by atoms with Crippen LogP contribution in [0.4, 0.5) is 0 Å². The number of rotatable bonds is 4. The SMILES string of the molecule is CC[C@@H]1CCCCN1C(=O)CN1CCNC(=O)C[C@H]1c1ccccc1. The van der Waals surface area contributed by atoms with Gasteiger partial charge in [0.15, 0.2) is 0 Å². The van der Waals surface area contributed by atoms with E-state index in [1.54, 1.807) is 0 Å². The van der Waals surface area contributed by atoms with Crippen LogP contribution in [0.2, 0.25) is 0 Å². The molecule has 0 unspecified atom stereocenters. The van der Waals surface area contributed by atoms with Gasteiger partial charge in [-0.15, -0.1) is 0 Å². The van der Waals surface area contributed by atoms with Crippen LogP contribution in [-0.2, 0) is 9.59 Å². The third-order valence-corrected chi connectivity index (χ3v) is 5.48. The highest BCUT2D eigenvalue weighted by Gasteiger charge is 2.31. The van der Waals surface area contributed by atoms with Gasteiger partial charge in [-0.3, -0.25) is 14.5 Å². The number of nitrogens with zero attached hydrogens (tertiary/aromatic N) is 2. The van der Waals surface area contributed by atoms with E-state index in [1.165, 1.54) is 6.42 Å². The van der Waals surface area contributed by atoms with E-state index in [4.69, 9.17) is 0 Å². The molecule has 0 aliphatic carbocycles. The van der Waals surface area contributed by atoms with Crippen molar-refractivity contribution in [2.75, 3.05) is 26.2 Å². The quantitative estimate of drug-likeness (QED) is 0.913. The Hall–Kier alpha value is -1.88. The predicted molar refractivity (Wildman–Crippen MR) is 98.0 cm³/mol. The van der Waals surface area contributed by atoms with E-state index in [1.807, 2.05) is 18.2 Å². The average Bonchev–Trinajstić information content (AvgIpc) is 2.83. The maximum atomic E-state index is 13.0. The average molecular weight is 343 g/mol. The number of piperidine rings is 1. The smallest absolute Gasteiger partial charge is 0.237 e. The minimum atomic E-state index is -0.0301. The molecule has 3 rings (SSSR count). The van der Waals surface area contributed by atoms with E-state index in [9.17, 15) is 9.59 Å². The van der Waals surface area contributed by atoms with E-state index in [2.05, 4.69) is 34.2 Å². The zero-order chi connectivity index (χ0) is 17.6. The predicted octanol–water partition coefficient (Wildman–Crippen LogP) is 2.34. The fraction of sp³-hybridized carbons (Fsp3) is 0.600. The molecule has 0 bridgehead atoms. The normalized spacial score (nSPS) is 25.3. The number of amides is 2. The van der Waals surface area contributed by atoms with Gasteiger partial charge in [0.05, 0.1) is 6.54 Å². The molecule has 2 amide bonds.